The van der Waals surface area contributed by atoms with Crippen LogP contribution in [-0.2, 0) is 19.1 Å². The maximum Gasteiger partial charge on any atom is 0.333 e. The van der Waals surface area contributed by atoms with Crippen molar-refractivity contribution in [3.63, 3.8) is 0 Å². The van der Waals surface area contributed by atoms with E-state index in [1.54, 1.807) is 13.8 Å². The Morgan fingerprint density at radius 3 is 0.788 bits per heavy atom. The number of hydrogen-bond donors (Lipinski definition) is 0. The van der Waals surface area contributed by atoms with Gasteiger partial charge in [0.1, 0.15) is 0 Å². The van der Waals surface area contributed by atoms with Crippen molar-refractivity contribution in [2.75, 3.05) is 13.2 Å². The number of unbranched alkanes of at least 4 members (excludes halogenated alkanes) is 18. The molecular weight excluding hydrogens is 412 g/mol. The van der Waals surface area contributed by atoms with Crippen molar-refractivity contribution in [1.29, 1.82) is 0 Å². The van der Waals surface area contributed by atoms with Gasteiger partial charge in [0.05, 0.1) is 13.2 Å². The van der Waals surface area contributed by atoms with Gasteiger partial charge < -0.3 is 9.47 Å². The molecule has 0 atom stereocenters. The Hall–Kier alpha value is -1.58. The standard InChI is InChI=1S/C29H52O4/c1-26(2)28(30)32-24-22-20-18-16-14-12-10-8-6-5-7-9-11-13-15-17-19-21-23-25-33-29(31)27(3)4/h1,3,5-25H2,2,4H3. The Morgan fingerprint density at radius 2 is 0.606 bits per heavy atom. The Balaban J connectivity index is 3.12. The zero-order chi connectivity index (χ0) is 24.6. The largest absolute Gasteiger partial charge is 0.462 e. The highest BCUT2D eigenvalue weighted by Crippen LogP contribution is 2.14. The van der Waals surface area contributed by atoms with E-state index >= 15 is 0 Å². The van der Waals surface area contributed by atoms with E-state index < -0.39 is 0 Å². The Bertz CT molecular complexity index is 478. The second kappa shape index (κ2) is 23.6. The van der Waals surface area contributed by atoms with Crippen LogP contribution in [0.4, 0.5) is 0 Å². The lowest BCUT2D eigenvalue weighted by molar-refractivity contribution is -0.139. The third kappa shape index (κ3) is 23.4. The molecule has 0 saturated heterocycles. The fraction of sp³-hybridized carbons (Fsp3) is 0.793. The van der Waals surface area contributed by atoms with Gasteiger partial charge in [-0.25, -0.2) is 9.59 Å². The molecule has 0 aromatic carbocycles. The van der Waals surface area contributed by atoms with Gasteiger partial charge in [0, 0.05) is 11.1 Å². The van der Waals surface area contributed by atoms with E-state index in [1.165, 1.54) is 96.3 Å². The van der Waals surface area contributed by atoms with E-state index in [2.05, 4.69) is 13.2 Å². The summed E-state index contributed by atoms with van der Waals surface area (Å²) in [6.45, 7) is 11.6. The molecule has 0 spiro atoms. The van der Waals surface area contributed by atoms with E-state index in [-0.39, 0.29) is 11.9 Å². The van der Waals surface area contributed by atoms with Crippen LogP contribution in [0.1, 0.15) is 136 Å². The van der Waals surface area contributed by atoms with Gasteiger partial charge in [0.2, 0.25) is 0 Å². The lowest BCUT2D eigenvalue weighted by Gasteiger charge is -2.05. The van der Waals surface area contributed by atoms with Crippen LogP contribution in [0, 0.1) is 0 Å². The molecule has 0 aromatic rings. The Kier molecular flexibility index (Phi) is 22.4. The van der Waals surface area contributed by atoms with Gasteiger partial charge in [-0.3, -0.25) is 0 Å². The van der Waals surface area contributed by atoms with Gasteiger partial charge in [-0.15, -0.1) is 0 Å². The molecule has 0 unspecified atom stereocenters. The Labute approximate surface area is 204 Å². The van der Waals surface area contributed by atoms with Crippen LogP contribution in [0.3, 0.4) is 0 Å². The van der Waals surface area contributed by atoms with E-state index in [4.69, 9.17) is 9.47 Å². The van der Waals surface area contributed by atoms with Crippen LogP contribution in [0.25, 0.3) is 0 Å². The van der Waals surface area contributed by atoms with Crippen molar-refractivity contribution in [2.24, 2.45) is 0 Å². The predicted octanol–water partition coefficient (Wildman–Crippen LogP) is 8.64. The summed E-state index contributed by atoms with van der Waals surface area (Å²) in [4.78, 5) is 22.5. The minimum Gasteiger partial charge on any atom is -0.462 e. The van der Waals surface area contributed by atoms with Gasteiger partial charge in [-0.05, 0) is 26.7 Å². The predicted molar refractivity (Wildman–Crippen MR) is 139 cm³/mol. The number of carbonyl (C=O) groups excluding carboxylic acids is 2. The van der Waals surface area contributed by atoms with Gasteiger partial charge in [0.25, 0.3) is 0 Å². The van der Waals surface area contributed by atoms with Gasteiger partial charge in [-0.1, -0.05) is 122 Å². The maximum atomic E-state index is 11.2. The molecule has 0 amide bonds. The first-order valence-corrected chi connectivity index (χ1v) is 13.6. The van der Waals surface area contributed by atoms with Crippen molar-refractivity contribution >= 4 is 11.9 Å². The third-order valence-electron chi connectivity index (χ3n) is 5.95. The Morgan fingerprint density at radius 1 is 0.424 bits per heavy atom. The average Bonchev–Trinajstić information content (AvgIpc) is 2.78. The van der Waals surface area contributed by atoms with Crippen molar-refractivity contribution in [1.82, 2.24) is 0 Å². The van der Waals surface area contributed by atoms with Crippen LogP contribution in [0.2, 0.25) is 0 Å². The van der Waals surface area contributed by atoms with E-state index in [0.717, 1.165) is 25.7 Å². The monoisotopic (exact) mass is 464 g/mol. The first-order valence-electron chi connectivity index (χ1n) is 13.6. The van der Waals surface area contributed by atoms with Crippen LogP contribution in [0.15, 0.2) is 24.3 Å². The number of ether oxygens (including phenoxy) is 2. The zero-order valence-electron chi connectivity index (χ0n) is 21.9. The van der Waals surface area contributed by atoms with Gasteiger partial charge in [0.15, 0.2) is 0 Å². The normalized spacial score (nSPS) is 10.7. The van der Waals surface area contributed by atoms with Crippen LogP contribution < -0.4 is 0 Å². The van der Waals surface area contributed by atoms with Crippen LogP contribution >= 0.6 is 0 Å². The maximum absolute atomic E-state index is 11.2. The number of rotatable bonds is 24. The second-order valence-electron chi connectivity index (χ2n) is 9.55. The van der Waals surface area contributed by atoms with E-state index in [9.17, 15) is 9.59 Å². The van der Waals surface area contributed by atoms with Crippen LogP contribution in [0.5, 0.6) is 0 Å². The minimum absolute atomic E-state index is 0.265. The molecule has 0 fully saturated rings. The number of esters is 2. The first kappa shape index (κ1) is 31.4. The summed E-state index contributed by atoms with van der Waals surface area (Å²) in [5.41, 5.74) is 0.964. The molecule has 4 heteroatoms. The molecule has 0 aliphatic heterocycles. The molecule has 0 radical (unpaired) electrons. The molecule has 4 nitrogen and oxygen atoms in total. The molecule has 0 rings (SSSR count). The van der Waals surface area contributed by atoms with Crippen molar-refractivity contribution < 1.29 is 19.1 Å². The van der Waals surface area contributed by atoms with E-state index in [0.29, 0.717) is 24.4 Å². The van der Waals surface area contributed by atoms with Crippen molar-refractivity contribution in [3.8, 4) is 0 Å². The summed E-state index contributed by atoms with van der Waals surface area (Å²) in [5.74, 6) is -0.530. The highest BCUT2D eigenvalue weighted by Gasteiger charge is 2.02. The summed E-state index contributed by atoms with van der Waals surface area (Å²) in [6, 6.07) is 0. The molecule has 0 aliphatic carbocycles. The minimum atomic E-state index is -0.265. The highest BCUT2D eigenvalue weighted by molar-refractivity contribution is 5.87. The van der Waals surface area contributed by atoms with Crippen molar-refractivity contribution in [2.45, 2.75) is 136 Å². The molecule has 192 valence electrons. The number of hydrogen-bond acceptors (Lipinski definition) is 4. The second-order valence-corrected chi connectivity index (χ2v) is 9.55. The fourth-order valence-electron chi connectivity index (χ4n) is 3.79. The molecule has 0 N–H and O–H groups in total. The summed E-state index contributed by atoms with van der Waals surface area (Å²) < 4.78 is 10.2. The lowest BCUT2D eigenvalue weighted by atomic mass is 10.0. The number of carbonyl (C=O) groups is 2. The molecule has 0 aromatic heterocycles. The SMILES string of the molecule is C=C(C)C(=O)OCCCCCCCCCCCCCCCCCCCCCOC(=O)C(=C)C. The molecular formula is C29H52O4. The van der Waals surface area contributed by atoms with Gasteiger partial charge in [-0.2, -0.15) is 0 Å². The molecule has 0 aliphatic rings. The first-order chi connectivity index (χ1) is 15.9. The highest BCUT2D eigenvalue weighted by atomic mass is 16.5. The lowest BCUT2D eigenvalue weighted by Crippen LogP contribution is -2.05. The quantitative estimate of drug-likeness (QED) is 0.0814. The van der Waals surface area contributed by atoms with Crippen LogP contribution in [-0.4, -0.2) is 25.2 Å². The smallest absolute Gasteiger partial charge is 0.333 e. The van der Waals surface area contributed by atoms with Gasteiger partial charge >= 0.3 is 11.9 Å². The van der Waals surface area contributed by atoms with Crippen molar-refractivity contribution in [3.05, 3.63) is 24.3 Å². The average molecular weight is 465 g/mol. The zero-order valence-corrected chi connectivity index (χ0v) is 21.9. The summed E-state index contributed by atoms with van der Waals surface area (Å²) in [5, 5.41) is 0. The third-order valence-corrected chi connectivity index (χ3v) is 5.95. The summed E-state index contributed by atoms with van der Waals surface area (Å²) in [6.07, 6.45) is 24.4. The summed E-state index contributed by atoms with van der Waals surface area (Å²) in [7, 11) is 0. The fourth-order valence-corrected chi connectivity index (χ4v) is 3.79. The molecule has 0 heterocycles. The molecule has 0 saturated carbocycles. The van der Waals surface area contributed by atoms with E-state index in [1.807, 2.05) is 0 Å². The molecule has 0 bridgehead atoms. The summed E-state index contributed by atoms with van der Waals surface area (Å²) >= 11 is 0. The molecule has 33 heavy (non-hydrogen) atoms. The topological polar surface area (TPSA) is 52.6 Å².